The average molecular weight is 297 g/mol. The summed E-state index contributed by atoms with van der Waals surface area (Å²) in [4.78, 5) is 14.1. The van der Waals surface area contributed by atoms with Crippen LogP contribution in [0.3, 0.4) is 0 Å². The molecule has 2 N–H and O–H groups in total. The molecule has 2 atom stereocenters. The van der Waals surface area contributed by atoms with E-state index in [2.05, 4.69) is 15.9 Å². The molecule has 0 spiro atoms. The van der Waals surface area contributed by atoms with Crippen LogP contribution in [-0.2, 0) is 0 Å². The molecule has 3 nitrogen and oxygen atoms in total. The van der Waals surface area contributed by atoms with E-state index in [9.17, 15) is 4.79 Å². The van der Waals surface area contributed by atoms with Crippen molar-refractivity contribution in [1.82, 2.24) is 4.90 Å². The highest BCUT2D eigenvalue weighted by atomic mass is 79.9. The van der Waals surface area contributed by atoms with Gasteiger partial charge in [-0.3, -0.25) is 4.79 Å². The minimum Gasteiger partial charge on any atom is -0.338 e. The number of hydrogen-bond donors (Lipinski definition) is 1. The summed E-state index contributed by atoms with van der Waals surface area (Å²) in [7, 11) is 0. The first-order valence-electron chi connectivity index (χ1n) is 5.88. The molecule has 2 rings (SSSR count). The van der Waals surface area contributed by atoms with Gasteiger partial charge in [0.1, 0.15) is 0 Å². The monoisotopic (exact) mass is 296 g/mol. The Kier molecular flexibility index (Phi) is 3.84. The molecule has 1 saturated heterocycles. The fourth-order valence-corrected chi connectivity index (χ4v) is 2.44. The Morgan fingerprint density at radius 3 is 2.65 bits per heavy atom. The van der Waals surface area contributed by atoms with E-state index in [1.165, 1.54) is 0 Å². The lowest BCUT2D eigenvalue weighted by Gasteiger charge is -2.18. The summed E-state index contributed by atoms with van der Waals surface area (Å²) in [6.07, 6.45) is 1.01. The molecule has 0 aromatic heterocycles. The Bertz CT molecular complexity index is 402. The van der Waals surface area contributed by atoms with Crippen LogP contribution in [0.2, 0.25) is 0 Å². The van der Waals surface area contributed by atoms with Crippen LogP contribution in [0.4, 0.5) is 0 Å². The van der Waals surface area contributed by atoms with Crippen molar-refractivity contribution in [2.24, 2.45) is 11.7 Å². The summed E-state index contributed by atoms with van der Waals surface area (Å²) in [5.41, 5.74) is 6.62. The van der Waals surface area contributed by atoms with Crippen molar-refractivity contribution in [2.45, 2.75) is 19.4 Å². The predicted octanol–water partition coefficient (Wildman–Crippen LogP) is 2.26. The highest BCUT2D eigenvalue weighted by molar-refractivity contribution is 9.10. The van der Waals surface area contributed by atoms with Gasteiger partial charge in [-0.05, 0) is 43.5 Å². The summed E-state index contributed by atoms with van der Waals surface area (Å²) < 4.78 is 0.990. The van der Waals surface area contributed by atoms with Crippen LogP contribution in [-0.4, -0.2) is 29.9 Å². The van der Waals surface area contributed by atoms with Gasteiger partial charge in [0.25, 0.3) is 5.91 Å². The van der Waals surface area contributed by atoms with Crippen LogP contribution in [0.5, 0.6) is 0 Å². The maximum atomic E-state index is 12.2. The molecule has 1 amide bonds. The molecule has 17 heavy (non-hydrogen) atoms. The van der Waals surface area contributed by atoms with Crippen molar-refractivity contribution in [1.29, 1.82) is 0 Å². The standard InChI is InChI=1S/C13H17BrN2O/c1-9(15)11-6-7-16(8-11)13(17)10-2-4-12(14)5-3-10/h2-5,9,11H,6-8,15H2,1H3. The SMILES string of the molecule is CC(N)C1CCN(C(=O)c2ccc(Br)cc2)C1. The minimum atomic E-state index is 0.112. The highest BCUT2D eigenvalue weighted by Crippen LogP contribution is 2.21. The average Bonchev–Trinajstić information content (AvgIpc) is 2.78. The number of rotatable bonds is 2. The minimum absolute atomic E-state index is 0.112. The molecule has 4 heteroatoms. The predicted molar refractivity (Wildman–Crippen MR) is 71.8 cm³/mol. The zero-order valence-electron chi connectivity index (χ0n) is 9.90. The van der Waals surface area contributed by atoms with Crippen molar-refractivity contribution in [3.63, 3.8) is 0 Å². The Hall–Kier alpha value is -0.870. The number of benzene rings is 1. The Morgan fingerprint density at radius 1 is 1.47 bits per heavy atom. The number of carbonyl (C=O) groups is 1. The van der Waals surface area contributed by atoms with Crippen molar-refractivity contribution in [3.8, 4) is 0 Å². The van der Waals surface area contributed by atoms with Crippen LogP contribution in [0.15, 0.2) is 28.7 Å². The van der Waals surface area contributed by atoms with Gasteiger partial charge in [0.2, 0.25) is 0 Å². The maximum Gasteiger partial charge on any atom is 0.253 e. The van der Waals surface area contributed by atoms with E-state index in [1.54, 1.807) is 0 Å². The third-order valence-corrected chi connectivity index (χ3v) is 3.88. The Morgan fingerprint density at radius 2 is 2.12 bits per heavy atom. The molecule has 1 heterocycles. The van der Waals surface area contributed by atoms with Gasteiger partial charge in [-0.15, -0.1) is 0 Å². The number of nitrogens with two attached hydrogens (primary N) is 1. The van der Waals surface area contributed by atoms with Gasteiger partial charge >= 0.3 is 0 Å². The van der Waals surface area contributed by atoms with Crippen molar-refractivity contribution in [3.05, 3.63) is 34.3 Å². The molecule has 1 aromatic rings. The van der Waals surface area contributed by atoms with Crippen molar-refractivity contribution >= 4 is 21.8 Å². The first-order chi connectivity index (χ1) is 8.08. The van der Waals surface area contributed by atoms with Gasteiger partial charge in [0.15, 0.2) is 0 Å². The lowest BCUT2D eigenvalue weighted by molar-refractivity contribution is 0.0786. The van der Waals surface area contributed by atoms with Crippen molar-refractivity contribution < 1.29 is 4.79 Å². The van der Waals surface area contributed by atoms with Gasteiger partial charge in [0.05, 0.1) is 0 Å². The fourth-order valence-electron chi connectivity index (χ4n) is 2.18. The lowest BCUT2D eigenvalue weighted by Crippen LogP contribution is -2.32. The summed E-state index contributed by atoms with van der Waals surface area (Å²) >= 11 is 3.37. The van der Waals surface area contributed by atoms with Gasteiger partial charge in [-0.25, -0.2) is 0 Å². The summed E-state index contributed by atoms with van der Waals surface area (Å²) in [5.74, 6) is 0.551. The van der Waals surface area contributed by atoms with E-state index in [1.807, 2.05) is 36.1 Å². The molecule has 0 aliphatic carbocycles. The van der Waals surface area contributed by atoms with Crippen molar-refractivity contribution in [2.75, 3.05) is 13.1 Å². The van der Waals surface area contributed by atoms with Crippen LogP contribution < -0.4 is 5.73 Å². The van der Waals surface area contributed by atoms with E-state index in [0.717, 1.165) is 29.5 Å². The molecule has 92 valence electrons. The highest BCUT2D eigenvalue weighted by Gasteiger charge is 2.28. The van der Waals surface area contributed by atoms with Crippen LogP contribution in [0, 0.1) is 5.92 Å². The van der Waals surface area contributed by atoms with Gasteiger partial charge in [0, 0.05) is 29.2 Å². The summed E-state index contributed by atoms with van der Waals surface area (Å²) in [6, 6.07) is 7.66. The number of amides is 1. The third kappa shape index (κ3) is 2.87. The second-order valence-electron chi connectivity index (χ2n) is 4.67. The molecular weight excluding hydrogens is 280 g/mol. The van der Waals surface area contributed by atoms with E-state index in [-0.39, 0.29) is 11.9 Å². The number of halogens is 1. The number of likely N-dealkylation sites (tertiary alicyclic amines) is 1. The number of nitrogens with zero attached hydrogens (tertiary/aromatic N) is 1. The van der Waals surface area contributed by atoms with Gasteiger partial charge in [-0.2, -0.15) is 0 Å². The van der Waals surface area contributed by atoms with Crippen LogP contribution in [0.1, 0.15) is 23.7 Å². The molecule has 2 unspecified atom stereocenters. The second-order valence-corrected chi connectivity index (χ2v) is 5.58. The molecule has 1 fully saturated rings. The molecule has 1 aromatic carbocycles. The molecule has 0 radical (unpaired) electrons. The van der Waals surface area contributed by atoms with E-state index in [0.29, 0.717) is 5.92 Å². The van der Waals surface area contributed by atoms with E-state index >= 15 is 0 Å². The van der Waals surface area contributed by atoms with E-state index < -0.39 is 0 Å². The van der Waals surface area contributed by atoms with E-state index in [4.69, 9.17) is 5.73 Å². The molecule has 1 aliphatic rings. The fraction of sp³-hybridized carbons (Fsp3) is 0.462. The number of hydrogen-bond acceptors (Lipinski definition) is 2. The summed E-state index contributed by atoms with van der Waals surface area (Å²) in [6.45, 7) is 3.62. The van der Waals surface area contributed by atoms with Crippen LogP contribution >= 0.6 is 15.9 Å². The smallest absolute Gasteiger partial charge is 0.253 e. The largest absolute Gasteiger partial charge is 0.338 e. The normalized spacial score (nSPS) is 21.6. The quantitative estimate of drug-likeness (QED) is 0.910. The number of carbonyl (C=O) groups excluding carboxylic acids is 1. The maximum absolute atomic E-state index is 12.2. The first-order valence-corrected chi connectivity index (χ1v) is 6.67. The molecule has 1 aliphatic heterocycles. The topological polar surface area (TPSA) is 46.3 Å². The molecular formula is C13H17BrN2O. The van der Waals surface area contributed by atoms with Gasteiger partial charge in [-0.1, -0.05) is 15.9 Å². The molecule has 0 saturated carbocycles. The second kappa shape index (κ2) is 5.19. The Balaban J connectivity index is 2.04. The summed E-state index contributed by atoms with van der Waals surface area (Å²) in [5, 5.41) is 0. The molecule has 0 bridgehead atoms. The van der Waals surface area contributed by atoms with Crippen LogP contribution in [0.25, 0.3) is 0 Å². The zero-order chi connectivity index (χ0) is 12.4. The zero-order valence-corrected chi connectivity index (χ0v) is 11.5. The third-order valence-electron chi connectivity index (χ3n) is 3.35. The Labute approximate surface area is 110 Å². The van der Waals surface area contributed by atoms with Gasteiger partial charge < -0.3 is 10.6 Å². The lowest BCUT2D eigenvalue weighted by atomic mass is 10.0. The first kappa shape index (κ1) is 12.6.